The largest absolute Gasteiger partial charge is 0.298 e. The summed E-state index contributed by atoms with van der Waals surface area (Å²) >= 11 is 3.70. The highest BCUT2D eigenvalue weighted by Crippen LogP contribution is 2.37. The van der Waals surface area contributed by atoms with Gasteiger partial charge in [0.15, 0.2) is 0 Å². The van der Waals surface area contributed by atoms with Crippen molar-refractivity contribution in [3.8, 4) is 0 Å². The van der Waals surface area contributed by atoms with Crippen LogP contribution in [0.25, 0.3) is 10.9 Å². The van der Waals surface area contributed by atoms with E-state index in [1.807, 2.05) is 28.8 Å². The number of para-hydroxylation sites is 1. The third-order valence-corrected chi connectivity index (χ3v) is 5.87. The zero-order valence-electron chi connectivity index (χ0n) is 12.2. The Labute approximate surface area is 133 Å². The monoisotopic (exact) mass is 348 g/mol. The van der Waals surface area contributed by atoms with Gasteiger partial charge in [-0.15, -0.1) is 0 Å². The van der Waals surface area contributed by atoms with E-state index in [0.29, 0.717) is 0 Å². The summed E-state index contributed by atoms with van der Waals surface area (Å²) in [5, 5.41) is 1.68. The first kappa shape index (κ1) is 14.8. The standard InChI is InChI=1S/C17H21BrN2O/c18-11-17(9-5-1-2-6-10-17)12-20-13-19-15-8-4-3-7-14(15)16(20)21/h3-4,7-8,13H,1-2,5-6,9-12H2. The van der Waals surface area contributed by atoms with Gasteiger partial charge in [0.25, 0.3) is 5.56 Å². The Balaban J connectivity index is 1.96. The third kappa shape index (κ3) is 3.05. The van der Waals surface area contributed by atoms with Crippen LogP contribution in [0.4, 0.5) is 0 Å². The van der Waals surface area contributed by atoms with Crippen molar-refractivity contribution in [2.24, 2.45) is 5.41 Å². The summed E-state index contributed by atoms with van der Waals surface area (Å²) in [6, 6.07) is 7.59. The number of hydrogen-bond acceptors (Lipinski definition) is 2. The maximum Gasteiger partial charge on any atom is 0.261 e. The highest BCUT2D eigenvalue weighted by atomic mass is 79.9. The van der Waals surface area contributed by atoms with Gasteiger partial charge in [-0.05, 0) is 30.4 Å². The van der Waals surface area contributed by atoms with Crippen molar-refractivity contribution in [1.29, 1.82) is 0 Å². The fourth-order valence-electron chi connectivity index (χ4n) is 3.39. The molecule has 1 aromatic heterocycles. The highest BCUT2D eigenvalue weighted by Gasteiger charge is 2.30. The lowest BCUT2D eigenvalue weighted by molar-refractivity contribution is 0.239. The summed E-state index contributed by atoms with van der Waals surface area (Å²) in [6.45, 7) is 0.773. The van der Waals surface area contributed by atoms with Crippen LogP contribution in [-0.2, 0) is 6.54 Å². The minimum atomic E-state index is 0.0881. The SMILES string of the molecule is O=c1c2ccccc2ncn1CC1(CBr)CCCCCC1. The lowest BCUT2D eigenvalue weighted by Crippen LogP contribution is -2.33. The maximum absolute atomic E-state index is 12.7. The van der Waals surface area contributed by atoms with Gasteiger partial charge in [0, 0.05) is 11.9 Å². The molecule has 1 saturated carbocycles. The average Bonchev–Trinajstić information content (AvgIpc) is 2.77. The van der Waals surface area contributed by atoms with Crippen LogP contribution in [0.15, 0.2) is 35.4 Å². The molecule has 4 heteroatoms. The molecule has 2 aromatic rings. The minimum Gasteiger partial charge on any atom is -0.298 e. The second-order valence-corrected chi connectivity index (χ2v) is 6.80. The number of halogens is 1. The van der Waals surface area contributed by atoms with Crippen molar-refractivity contribution in [2.75, 3.05) is 5.33 Å². The molecule has 1 aromatic carbocycles. The molecule has 0 unspecified atom stereocenters. The molecule has 0 N–H and O–H groups in total. The van der Waals surface area contributed by atoms with E-state index in [4.69, 9.17) is 0 Å². The van der Waals surface area contributed by atoms with Crippen molar-refractivity contribution in [3.63, 3.8) is 0 Å². The Bertz CT molecular complexity index is 672. The van der Waals surface area contributed by atoms with Gasteiger partial charge in [-0.25, -0.2) is 4.98 Å². The molecule has 0 amide bonds. The van der Waals surface area contributed by atoms with Crippen molar-refractivity contribution < 1.29 is 0 Å². The van der Waals surface area contributed by atoms with E-state index in [9.17, 15) is 4.79 Å². The number of hydrogen-bond donors (Lipinski definition) is 0. The van der Waals surface area contributed by atoms with Gasteiger partial charge in [0.05, 0.1) is 17.2 Å². The normalized spacial score (nSPS) is 18.5. The van der Waals surface area contributed by atoms with Gasteiger partial charge >= 0.3 is 0 Å². The second-order valence-electron chi connectivity index (χ2n) is 6.24. The molecule has 1 heterocycles. The summed E-state index contributed by atoms with van der Waals surface area (Å²) in [5.41, 5.74) is 1.07. The first-order valence-electron chi connectivity index (χ1n) is 7.74. The zero-order valence-corrected chi connectivity index (χ0v) is 13.8. The van der Waals surface area contributed by atoms with Gasteiger partial charge < -0.3 is 0 Å². The Hall–Kier alpha value is -1.16. The van der Waals surface area contributed by atoms with E-state index in [1.165, 1.54) is 38.5 Å². The third-order valence-electron chi connectivity index (χ3n) is 4.68. The lowest BCUT2D eigenvalue weighted by Gasteiger charge is -2.31. The number of aromatic nitrogens is 2. The first-order valence-corrected chi connectivity index (χ1v) is 8.86. The van der Waals surface area contributed by atoms with Crippen LogP contribution in [0.2, 0.25) is 0 Å². The molecule has 3 nitrogen and oxygen atoms in total. The van der Waals surface area contributed by atoms with Crippen molar-refractivity contribution in [3.05, 3.63) is 40.9 Å². The molecule has 1 aliphatic rings. The molecular weight excluding hydrogens is 328 g/mol. The van der Waals surface area contributed by atoms with Crippen molar-refractivity contribution in [1.82, 2.24) is 9.55 Å². The molecule has 0 bridgehead atoms. The van der Waals surface area contributed by atoms with E-state index in [0.717, 1.165) is 22.8 Å². The van der Waals surface area contributed by atoms with Gasteiger partial charge in [-0.2, -0.15) is 0 Å². The smallest absolute Gasteiger partial charge is 0.261 e. The van der Waals surface area contributed by atoms with Crippen LogP contribution in [0.1, 0.15) is 38.5 Å². The Morgan fingerprint density at radius 2 is 1.86 bits per heavy atom. The predicted octanol–water partition coefficient (Wildman–Crippen LogP) is 4.13. The number of rotatable bonds is 3. The fourth-order valence-corrected chi connectivity index (χ4v) is 4.13. The molecule has 21 heavy (non-hydrogen) atoms. The lowest BCUT2D eigenvalue weighted by atomic mass is 9.82. The Morgan fingerprint density at radius 1 is 1.14 bits per heavy atom. The molecule has 0 saturated heterocycles. The van der Waals surface area contributed by atoms with E-state index < -0.39 is 0 Å². The van der Waals surface area contributed by atoms with Gasteiger partial charge in [0.1, 0.15) is 0 Å². The van der Waals surface area contributed by atoms with Crippen molar-refractivity contribution in [2.45, 2.75) is 45.1 Å². The van der Waals surface area contributed by atoms with Crippen LogP contribution in [0, 0.1) is 5.41 Å². The maximum atomic E-state index is 12.7. The first-order chi connectivity index (χ1) is 10.2. The quantitative estimate of drug-likeness (QED) is 0.617. The van der Waals surface area contributed by atoms with E-state index in [-0.39, 0.29) is 11.0 Å². The zero-order chi connectivity index (χ0) is 14.7. The molecule has 0 radical (unpaired) electrons. The molecular formula is C17H21BrN2O. The van der Waals surface area contributed by atoms with Crippen LogP contribution in [-0.4, -0.2) is 14.9 Å². The number of alkyl halides is 1. The number of nitrogens with zero attached hydrogens (tertiary/aromatic N) is 2. The molecule has 0 aliphatic heterocycles. The topological polar surface area (TPSA) is 34.9 Å². The summed E-state index contributed by atoms with van der Waals surface area (Å²) in [7, 11) is 0. The highest BCUT2D eigenvalue weighted by molar-refractivity contribution is 9.09. The average molecular weight is 349 g/mol. The molecule has 1 fully saturated rings. The molecule has 112 valence electrons. The van der Waals surface area contributed by atoms with E-state index >= 15 is 0 Å². The summed E-state index contributed by atoms with van der Waals surface area (Å²) in [6.07, 6.45) is 9.27. The second kappa shape index (κ2) is 6.30. The molecule has 1 aliphatic carbocycles. The molecule has 0 spiro atoms. The number of benzene rings is 1. The van der Waals surface area contributed by atoms with Crippen LogP contribution in [0.5, 0.6) is 0 Å². The predicted molar refractivity (Wildman–Crippen MR) is 89.9 cm³/mol. The Morgan fingerprint density at radius 3 is 2.57 bits per heavy atom. The summed E-state index contributed by atoms with van der Waals surface area (Å²) in [5.74, 6) is 0. The minimum absolute atomic E-state index is 0.0881. The summed E-state index contributed by atoms with van der Waals surface area (Å²) in [4.78, 5) is 17.1. The Kier molecular flexibility index (Phi) is 4.43. The van der Waals surface area contributed by atoms with Gasteiger partial charge in [-0.1, -0.05) is 53.7 Å². The summed E-state index contributed by atoms with van der Waals surface area (Å²) < 4.78 is 1.81. The van der Waals surface area contributed by atoms with Crippen LogP contribution >= 0.6 is 15.9 Å². The number of fused-ring (bicyclic) bond motifs is 1. The van der Waals surface area contributed by atoms with Gasteiger partial charge in [-0.3, -0.25) is 9.36 Å². The van der Waals surface area contributed by atoms with E-state index in [1.54, 1.807) is 6.33 Å². The van der Waals surface area contributed by atoms with Crippen LogP contribution in [0.3, 0.4) is 0 Å². The van der Waals surface area contributed by atoms with Crippen molar-refractivity contribution >= 4 is 26.8 Å². The van der Waals surface area contributed by atoms with E-state index in [2.05, 4.69) is 20.9 Å². The van der Waals surface area contributed by atoms with Crippen LogP contribution < -0.4 is 5.56 Å². The molecule has 0 atom stereocenters. The molecule has 3 rings (SSSR count). The van der Waals surface area contributed by atoms with Gasteiger partial charge in [0.2, 0.25) is 0 Å². The fraction of sp³-hybridized carbons (Fsp3) is 0.529.